The van der Waals surface area contributed by atoms with Gasteiger partial charge in [-0.15, -0.1) is 23.1 Å². The van der Waals surface area contributed by atoms with E-state index in [0.717, 1.165) is 21.8 Å². The lowest BCUT2D eigenvalue weighted by Gasteiger charge is -2.08. The summed E-state index contributed by atoms with van der Waals surface area (Å²) in [5.74, 6) is -0.257. The van der Waals surface area contributed by atoms with Crippen LogP contribution in [0.15, 0.2) is 29.4 Å². The molecule has 1 N–H and O–H groups in total. The number of aromatic nitrogens is 1. The molecule has 2 aromatic rings. The van der Waals surface area contributed by atoms with Crippen LogP contribution >= 0.6 is 23.1 Å². The minimum absolute atomic E-state index is 0.147. The van der Waals surface area contributed by atoms with E-state index in [1.165, 1.54) is 23.1 Å². The van der Waals surface area contributed by atoms with Crippen LogP contribution in [0.2, 0.25) is 0 Å². The Balaban J connectivity index is 2.10. The van der Waals surface area contributed by atoms with Crippen LogP contribution < -0.4 is 5.32 Å². The topological polar surface area (TPSA) is 68.3 Å². The normalized spacial score (nSPS) is 10.5. The Hall–Kier alpha value is -1.86. The monoisotopic (exact) mass is 364 g/mol. The van der Waals surface area contributed by atoms with E-state index < -0.39 is 0 Å². The number of aryl methyl sites for hydroxylation is 1. The molecule has 0 radical (unpaired) electrons. The van der Waals surface area contributed by atoms with Crippen molar-refractivity contribution in [3.63, 3.8) is 0 Å². The van der Waals surface area contributed by atoms with Crippen molar-refractivity contribution in [1.29, 1.82) is 0 Å². The number of nitrogens with one attached hydrogen (secondary N) is 1. The van der Waals surface area contributed by atoms with E-state index in [-0.39, 0.29) is 17.6 Å². The van der Waals surface area contributed by atoms with Crippen LogP contribution in [0.3, 0.4) is 0 Å². The number of hydrogen-bond donors (Lipinski definition) is 1. The Morgan fingerprint density at radius 3 is 2.62 bits per heavy atom. The lowest BCUT2D eigenvalue weighted by Crippen LogP contribution is -2.16. The van der Waals surface area contributed by atoms with E-state index in [9.17, 15) is 9.59 Å². The molecule has 0 aliphatic rings. The van der Waals surface area contributed by atoms with Gasteiger partial charge >= 0.3 is 5.97 Å². The zero-order valence-electron chi connectivity index (χ0n) is 13.9. The highest BCUT2D eigenvalue weighted by molar-refractivity contribution is 8.00. The van der Waals surface area contributed by atoms with Gasteiger partial charge in [-0.25, -0.2) is 4.79 Å². The molecular weight excluding hydrogens is 344 g/mol. The van der Waals surface area contributed by atoms with Crippen LogP contribution in [0.1, 0.15) is 34.6 Å². The molecule has 0 fully saturated rings. The van der Waals surface area contributed by atoms with E-state index in [0.29, 0.717) is 17.2 Å². The molecule has 24 heavy (non-hydrogen) atoms. The summed E-state index contributed by atoms with van der Waals surface area (Å²) >= 11 is 2.84. The van der Waals surface area contributed by atoms with Crippen LogP contribution in [0, 0.1) is 6.92 Å². The number of amides is 1. The fraction of sp³-hybridized carbons (Fsp3) is 0.353. The zero-order valence-corrected chi connectivity index (χ0v) is 15.6. The average molecular weight is 364 g/mol. The molecule has 5 nitrogen and oxygen atoms in total. The summed E-state index contributed by atoms with van der Waals surface area (Å²) in [7, 11) is 0. The molecule has 2 aromatic heterocycles. The number of nitrogens with zero attached hydrogens (tertiary/aromatic N) is 1. The van der Waals surface area contributed by atoms with Gasteiger partial charge in [0.1, 0.15) is 5.00 Å². The number of esters is 1. The van der Waals surface area contributed by atoms with Gasteiger partial charge in [-0.05, 0) is 38.0 Å². The van der Waals surface area contributed by atoms with Crippen molar-refractivity contribution in [3.05, 3.63) is 40.5 Å². The molecule has 2 rings (SSSR count). The molecule has 1 amide bonds. The number of pyridine rings is 1. The Kier molecular flexibility index (Phi) is 6.81. The Bertz CT molecular complexity index is 714. The van der Waals surface area contributed by atoms with Crippen molar-refractivity contribution in [2.45, 2.75) is 32.1 Å². The standard InChI is InChI=1S/C17H20N2O3S2/c1-4-13-11(3)24-16(15(13)17(21)22-5-2)19-14(20)10-23-12-6-8-18-9-7-12/h6-9H,4-5,10H2,1-3H3,(H,19,20). The minimum atomic E-state index is -0.379. The molecular formula is C17H20N2O3S2. The lowest BCUT2D eigenvalue weighted by atomic mass is 10.1. The number of carbonyl (C=O) groups excluding carboxylic acids is 2. The summed E-state index contributed by atoms with van der Waals surface area (Å²) in [6.07, 6.45) is 4.10. The van der Waals surface area contributed by atoms with Gasteiger partial charge in [0.15, 0.2) is 0 Å². The molecule has 7 heteroatoms. The summed E-state index contributed by atoms with van der Waals surface area (Å²) in [5, 5.41) is 3.43. The quantitative estimate of drug-likeness (QED) is 0.596. The second kappa shape index (κ2) is 8.84. The molecule has 0 unspecified atom stereocenters. The van der Waals surface area contributed by atoms with Crippen molar-refractivity contribution in [2.75, 3.05) is 17.7 Å². The maximum absolute atomic E-state index is 12.2. The van der Waals surface area contributed by atoms with Crippen LogP contribution in [0.5, 0.6) is 0 Å². The van der Waals surface area contributed by atoms with Crippen LogP contribution in [0.25, 0.3) is 0 Å². The van der Waals surface area contributed by atoms with Gasteiger partial charge < -0.3 is 10.1 Å². The third-order valence-corrected chi connectivity index (χ3v) is 5.39. The number of hydrogen-bond acceptors (Lipinski definition) is 6. The molecule has 0 bridgehead atoms. The molecule has 0 spiro atoms. The van der Waals surface area contributed by atoms with Crippen LogP contribution in [0.4, 0.5) is 5.00 Å². The first-order chi connectivity index (χ1) is 11.6. The number of ether oxygens (including phenoxy) is 1. The lowest BCUT2D eigenvalue weighted by molar-refractivity contribution is -0.113. The number of thioether (sulfide) groups is 1. The Morgan fingerprint density at radius 1 is 1.29 bits per heavy atom. The number of anilines is 1. The second-order valence-corrected chi connectivity index (χ2v) is 7.21. The summed E-state index contributed by atoms with van der Waals surface area (Å²) in [4.78, 5) is 30.4. The third kappa shape index (κ3) is 4.58. The van der Waals surface area contributed by atoms with Gasteiger partial charge in [-0.1, -0.05) is 6.92 Å². The second-order valence-electron chi connectivity index (χ2n) is 4.93. The Labute approximate surface area is 149 Å². The number of carbonyl (C=O) groups is 2. The number of rotatable bonds is 7. The van der Waals surface area contributed by atoms with E-state index in [1.54, 1.807) is 19.3 Å². The van der Waals surface area contributed by atoms with Gasteiger partial charge in [0.05, 0.1) is 17.9 Å². The summed E-state index contributed by atoms with van der Waals surface area (Å²) in [6.45, 7) is 6.02. The SMILES string of the molecule is CCOC(=O)c1c(NC(=O)CSc2ccncc2)sc(C)c1CC. The maximum Gasteiger partial charge on any atom is 0.341 e. The molecule has 0 saturated heterocycles. The summed E-state index contributed by atoms with van der Waals surface area (Å²) in [5.41, 5.74) is 1.43. The van der Waals surface area contributed by atoms with Gasteiger partial charge in [-0.3, -0.25) is 9.78 Å². The van der Waals surface area contributed by atoms with Gasteiger partial charge in [0.25, 0.3) is 0 Å². The molecule has 0 atom stereocenters. The largest absolute Gasteiger partial charge is 0.462 e. The molecule has 0 aliphatic carbocycles. The molecule has 128 valence electrons. The third-order valence-electron chi connectivity index (χ3n) is 3.31. The smallest absolute Gasteiger partial charge is 0.341 e. The van der Waals surface area contributed by atoms with Crippen molar-refractivity contribution in [2.24, 2.45) is 0 Å². The van der Waals surface area contributed by atoms with E-state index in [1.807, 2.05) is 26.0 Å². The van der Waals surface area contributed by atoms with Gasteiger partial charge in [0.2, 0.25) is 5.91 Å². The van der Waals surface area contributed by atoms with E-state index >= 15 is 0 Å². The number of thiophene rings is 1. The highest BCUT2D eigenvalue weighted by Gasteiger charge is 2.23. The van der Waals surface area contributed by atoms with Crippen molar-refractivity contribution < 1.29 is 14.3 Å². The van der Waals surface area contributed by atoms with E-state index in [2.05, 4.69) is 10.3 Å². The highest BCUT2D eigenvalue weighted by atomic mass is 32.2. The van der Waals surface area contributed by atoms with Gasteiger partial charge in [0, 0.05) is 22.2 Å². The van der Waals surface area contributed by atoms with Crippen molar-refractivity contribution in [3.8, 4) is 0 Å². The van der Waals surface area contributed by atoms with Gasteiger partial charge in [-0.2, -0.15) is 0 Å². The summed E-state index contributed by atoms with van der Waals surface area (Å²) < 4.78 is 5.14. The first-order valence-electron chi connectivity index (χ1n) is 7.68. The molecule has 0 aliphatic heterocycles. The van der Waals surface area contributed by atoms with E-state index in [4.69, 9.17) is 4.74 Å². The Morgan fingerprint density at radius 2 is 2.00 bits per heavy atom. The molecule has 0 saturated carbocycles. The van der Waals surface area contributed by atoms with Crippen LogP contribution in [-0.2, 0) is 16.0 Å². The van der Waals surface area contributed by atoms with Crippen LogP contribution in [-0.4, -0.2) is 29.2 Å². The highest BCUT2D eigenvalue weighted by Crippen LogP contribution is 2.34. The van der Waals surface area contributed by atoms with Crippen molar-refractivity contribution >= 4 is 40.0 Å². The fourth-order valence-electron chi connectivity index (χ4n) is 2.26. The maximum atomic E-state index is 12.2. The fourth-order valence-corrected chi connectivity index (χ4v) is 4.09. The zero-order chi connectivity index (χ0) is 17.5. The molecule has 2 heterocycles. The average Bonchev–Trinajstić information content (AvgIpc) is 2.89. The predicted molar refractivity (Wildman–Crippen MR) is 98.0 cm³/mol. The first-order valence-corrected chi connectivity index (χ1v) is 9.49. The molecule has 0 aromatic carbocycles. The minimum Gasteiger partial charge on any atom is -0.462 e. The van der Waals surface area contributed by atoms with Crippen molar-refractivity contribution in [1.82, 2.24) is 4.98 Å². The first kappa shape index (κ1) is 18.5. The predicted octanol–water partition coefficient (Wildman–Crippen LogP) is 3.92. The summed E-state index contributed by atoms with van der Waals surface area (Å²) in [6, 6.07) is 3.71.